The second kappa shape index (κ2) is 7.58. The number of rotatable bonds is 4. The lowest BCUT2D eigenvalue weighted by molar-refractivity contribution is -0.133. The highest BCUT2D eigenvalue weighted by Crippen LogP contribution is 2.11. The van der Waals surface area contributed by atoms with Gasteiger partial charge in [0.1, 0.15) is 0 Å². The Balaban J connectivity index is 2.56. The zero-order chi connectivity index (χ0) is 16.0. The number of carboxylic acids is 1. The molecule has 21 heavy (non-hydrogen) atoms. The quantitative estimate of drug-likeness (QED) is 0.722. The van der Waals surface area contributed by atoms with Gasteiger partial charge in [-0.15, -0.1) is 0 Å². The van der Waals surface area contributed by atoms with Crippen LogP contribution < -0.4 is 10.6 Å². The Morgan fingerprint density at radius 2 is 1.86 bits per heavy atom. The van der Waals surface area contributed by atoms with Crippen LogP contribution in [0.3, 0.4) is 0 Å². The third kappa shape index (κ3) is 5.39. The minimum Gasteiger partial charge on any atom is -0.478 e. The van der Waals surface area contributed by atoms with Crippen LogP contribution in [-0.2, 0) is 16.1 Å². The van der Waals surface area contributed by atoms with E-state index in [9.17, 15) is 14.4 Å². The number of nitrogens with one attached hydrogen (secondary N) is 2. The number of carboxylic acid groups (broad SMARTS) is 1. The largest absolute Gasteiger partial charge is 0.478 e. The minimum absolute atomic E-state index is 0.0138. The van der Waals surface area contributed by atoms with Crippen molar-refractivity contribution in [3.8, 4) is 0 Å². The number of carbonyl (C=O) groups is 3. The summed E-state index contributed by atoms with van der Waals surface area (Å²) in [5, 5.41) is 13.4. The van der Waals surface area contributed by atoms with E-state index < -0.39 is 17.9 Å². The molecule has 0 saturated carbocycles. The molecule has 3 amide bonds. The average Bonchev–Trinajstić information content (AvgIpc) is 2.43. The van der Waals surface area contributed by atoms with Gasteiger partial charge in [0.25, 0.3) is 5.91 Å². The van der Waals surface area contributed by atoms with Crippen molar-refractivity contribution in [2.45, 2.75) is 20.4 Å². The first kappa shape index (κ1) is 16.9. The van der Waals surface area contributed by atoms with Gasteiger partial charge in [0, 0.05) is 22.2 Å². The van der Waals surface area contributed by atoms with E-state index in [4.69, 9.17) is 5.11 Å². The highest BCUT2D eigenvalue weighted by molar-refractivity contribution is 9.10. The Bertz CT molecular complexity index is 611. The first-order valence-corrected chi connectivity index (χ1v) is 6.85. The van der Waals surface area contributed by atoms with Gasteiger partial charge in [-0.3, -0.25) is 10.1 Å². The lowest BCUT2D eigenvalue weighted by Crippen LogP contribution is -2.39. The molecule has 7 heteroatoms. The summed E-state index contributed by atoms with van der Waals surface area (Å²) in [5.74, 6) is -1.93. The maximum absolute atomic E-state index is 11.7. The number of hydrogen-bond acceptors (Lipinski definition) is 3. The van der Waals surface area contributed by atoms with Crippen molar-refractivity contribution in [1.82, 2.24) is 10.6 Å². The van der Waals surface area contributed by atoms with E-state index in [0.717, 1.165) is 10.0 Å². The van der Waals surface area contributed by atoms with E-state index in [1.165, 1.54) is 13.8 Å². The van der Waals surface area contributed by atoms with Crippen LogP contribution in [0.5, 0.6) is 0 Å². The number of hydrogen-bond donors (Lipinski definition) is 3. The van der Waals surface area contributed by atoms with Crippen molar-refractivity contribution >= 4 is 33.8 Å². The fourth-order valence-electron chi connectivity index (χ4n) is 1.40. The molecule has 0 atom stereocenters. The number of amides is 3. The standard InChI is InChI=1S/C14H15BrN2O4/c1-8(9(2)13(19)20)12(18)17-14(21)16-7-10-4-3-5-11(15)6-10/h3-6H,7H2,1-2H3,(H,19,20)(H2,16,17,18,21). The van der Waals surface area contributed by atoms with Gasteiger partial charge in [0.15, 0.2) is 0 Å². The van der Waals surface area contributed by atoms with E-state index in [1.54, 1.807) is 0 Å². The molecule has 0 heterocycles. The molecule has 0 fully saturated rings. The van der Waals surface area contributed by atoms with Crippen molar-refractivity contribution in [1.29, 1.82) is 0 Å². The number of urea groups is 1. The summed E-state index contributed by atoms with van der Waals surface area (Å²) >= 11 is 3.31. The minimum atomic E-state index is -1.20. The van der Waals surface area contributed by atoms with Crippen LogP contribution in [0, 0.1) is 0 Å². The predicted molar refractivity (Wildman–Crippen MR) is 80.5 cm³/mol. The van der Waals surface area contributed by atoms with E-state index in [-0.39, 0.29) is 17.7 Å². The van der Waals surface area contributed by atoms with Crippen molar-refractivity contribution in [3.05, 3.63) is 45.4 Å². The maximum Gasteiger partial charge on any atom is 0.331 e. The lowest BCUT2D eigenvalue weighted by Gasteiger charge is -2.08. The molecule has 1 aromatic carbocycles. The smallest absolute Gasteiger partial charge is 0.331 e. The molecule has 0 spiro atoms. The number of imide groups is 1. The van der Waals surface area contributed by atoms with Crippen LogP contribution in [0.4, 0.5) is 4.79 Å². The Hall–Kier alpha value is -2.15. The molecule has 0 saturated heterocycles. The van der Waals surface area contributed by atoms with Crippen molar-refractivity contribution in [3.63, 3.8) is 0 Å². The molecule has 3 N–H and O–H groups in total. The lowest BCUT2D eigenvalue weighted by atomic mass is 10.1. The Kier molecular flexibility index (Phi) is 6.10. The molecule has 0 aromatic heterocycles. The first-order chi connectivity index (χ1) is 9.81. The van der Waals surface area contributed by atoms with Gasteiger partial charge in [-0.05, 0) is 31.5 Å². The second-order valence-electron chi connectivity index (χ2n) is 4.32. The third-order valence-electron chi connectivity index (χ3n) is 2.79. The monoisotopic (exact) mass is 354 g/mol. The molecule has 1 rings (SSSR count). The van der Waals surface area contributed by atoms with E-state index in [0.29, 0.717) is 0 Å². The molecule has 0 bridgehead atoms. The molecule has 6 nitrogen and oxygen atoms in total. The van der Waals surface area contributed by atoms with Crippen LogP contribution in [-0.4, -0.2) is 23.0 Å². The molecule has 0 aliphatic carbocycles. The SMILES string of the molecule is CC(C(=O)O)=C(C)C(=O)NC(=O)NCc1cccc(Br)c1. The topological polar surface area (TPSA) is 95.5 Å². The maximum atomic E-state index is 11.7. The second-order valence-corrected chi connectivity index (χ2v) is 5.24. The van der Waals surface area contributed by atoms with Gasteiger partial charge in [0.2, 0.25) is 0 Å². The van der Waals surface area contributed by atoms with Crippen molar-refractivity contribution < 1.29 is 19.5 Å². The Morgan fingerprint density at radius 3 is 2.43 bits per heavy atom. The highest BCUT2D eigenvalue weighted by atomic mass is 79.9. The fraction of sp³-hybridized carbons (Fsp3) is 0.214. The summed E-state index contributed by atoms with van der Waals surface area (Å²) in [4.78, 5) is 34.0. The summed E-state index contributed by atoms with van der Waals surface area (Å²) in [6.45, 7) is 2.90. The van der Waals surface area contributed by atoms with Gasteiger partial charge in [0.05, 0.1) is 0 Å². The number of halogens is 1. The van der Waals surface area contributed by atoms with Gasteiger partial charge in [-0.2, -0.15) is 0 Å². The average molecular weight is 355 g/mol. The molecule has 0 aliphatic rings. The van der Waals surface area contributed by atoms with Crippen molar-refractivity contribution in [2.75, 3.05) is 0 Å². The van der Waals surface area contributed by atoms with E-state index >= 15 is 0 Å². The molecule has 1 aromatic rings. The van der Waals surface area contributed by atoms with Crippen LogP contribution in [0.1, 0.15) is 19.4 Å². The number of aliphatic carboxylic acids is 1. The van der Waals surface area contributed by atoms with Crippen LogP contribution in [0.2, 0.25) is 0 Å². The summed E-state index contributed by atoms with van der Waals surface area (Å²) in [5.41, 5.74) is 0.744. The predicted octanol–water partition coefficient (Wildman–Crippen LogP) is 2.20. The molecule has 0 unspecified atom stereocenters. The third-order valence-corrected chi connectivity index (χ3v) is 3.29. The van der Waals surface area contributed by atoms with Crippen LogP contribution >= 0.6 is 15.9 Å². The molecule has 0 aliphatic heterocycles. The summed E-state index contributed by atoms with van der Waals surface area (Å²) < 4.78 is 0.883. The zero-order valence-electron chi connectivity index (χ0n) is 11.6. The molecule has 0 radical (unpaired) electrons. The van der Waals surface area contributed by atoms with Crippen molar-refractivity contribution in [2.24, 2.45) is 0 Å². The van der Waals surface area contributed by atoms with Gasteiger partial charge in [-0.25, -0.2) is 9.59 Å². The Morgan fingerprint density at radius 1 is 1.19 bits per heavy atom. The van der Waals surface area contributed by atoms with Crippen LogP contribution in [0.25, 0.3) is 0 Å². The zero-order valence-corrected chi connectivity index (χ0v) is 13.2. The first-order valence-electron chi connectivity index (χ1n) is 6.05. The normalized spacial score (nSPS) is 11.4. The molecule has 112 valence electrons. The number of benzene rings is 1. The summed E-state index contributed by atoms with van der Waals surface area (Å²) in [7, 11) is 0. The molecular weight excluding hydrogens is 340 g/mol. The Labute approximate surface area is 130 Å². The van der Waals surface area contributed by atoms with Gasteiger partial charge >= 0.3 is 12.0 Å². The number of carbonyl (C=O) groups excluding carboxylic acids is 2. The fourth-order valence-corrected chi connectivity index (χ4v) is 1.85. The van der Waals surface area contributed by atoms with Gasteiger partial charge in [-0.1, -0.05) is 28.1 Å². The van der Waals surface area contributed by atoms with E-state index in [2.05, 4.69) is 26.6 Å². The van der Waals surface area contributed by atoms with E-state index in [1.807, 2.05) is 24.3 Å². The van der Waals surface area contributed by atoms with Crippen LogP contribution in [0.15, 0.2) is 39.9 Å². The molecular formula is C14H15BrN2O4. The summed E-state index contributed by atoms with van der Waals surface area (Å²) in [6, 6.07) is 6.66. The highest BCUT2D eigenvalue weighted by Gasteiger charge is 2.14. The van der Waals surface area contributed by atoms with Gasteiger partial charge < -0.3 is 10.4 Å². The summed E-state index contributed by atoms with van der Waals surface area (Å²) in [6.07, 6.45) is 0.